The second kappa shape index (κ2) is 13.2. The number of methoxy groups -OCH3 is 1. The number of nitrogens with one attached hydrogen (secondary N) is 3. The molecule has 2 rings (SSSR count). The molecule has 0 heterocycles. The predicted molar refractivity (Wildman–Crippen MR) is 126 cm³/mol. The number of rotatable bonds is 11. The van der Waals surface area contributed by atoms with E-state index in [1.165, 1.54) is 0 Å². The van der Waals surface area contributed by atoms with E-state index in [1.54, 1.807) is 31.4 Å². The summed E-state index contributed by atoms with van der Waals surface area (Å²) in [6.45, 7) is 7.67. The van der Waals surface area contributed by atoms with Gasteiger partial charge in [-0.1, -0.05) is 12.1 Å². The van der Waals surface area contributed by atoms with Crippen LogP contribution in [-0.2, 0) is 0 Å². The zero-order valence-corrected chi connectivity index (χ0v) is 19.2. The second-order valence-corrected chi connectivity index (χ2v) is 7.39. The van der Waals surface area contributed by atoms with Gasteiger partial charge in [-0.15, -0.1) is 0 Å². The molecule has 1 unspecified atom stereocenters. The number of aliphatic imine (C=N–C) groups is 1. The molecule has 0 spiro atoms. The van der Waals surface area contributed by atoms with Gasteiger partial charge in [0, 0.05) is 25.2 Å². The molecule has 0 bridgehead atoms. The Balaban J connectivity index is 1.83. The highest BCUT2D eigenvalue weighted by molar-refractivity contribution is 5.94. The maximum Gasteiger partial charge on any atom is 0.251 e. The average Bonchev–Trinajstić information content (AvgIpc) is 2.79. The van der Waals surface area contributed by atoms with Gasteiger partial charge in [0.1, 0.15) is 11.5 Å². The van der Waals surface area contributed by atoms with E-state index in [0.717, 1.165) is 11.3 Å². The van der Waals surface area contributed by atoms with E-state index in [2.05, 4.69) is 20.9 Å². The van der Waals surface area contributed by atoms with Crippen LogP contribution in [0.3, 0.4) is 0 Å². The number of hydrogen-bond donors (Lipinski definition) is 4. The minimum atomic E-state index is -0.754. The summed E-state index contributed by atoms with van der Waals surface area (Å²) in [6, 6.07) is 14.3. The van der Waals surface area contributed by atoms with Crippen molar-refractivity contribution in [2.75, 3.05) is 33.3 Å². The van der Waals surface area contributed by atoms with Gasteiger partial charge in [0.15, 0.2) is 5.96 Å². The summed E-state index contributed by atoms with van der Waals surface area (Å²) in [5.74, 6) is 1.84. The van der Waals surface area contributed by atoms with Gasteiger partial charge in [0.2, 0.25) is 0 Å². The Bertz CT molecular complexity index is 869. The van der Waals surface area contributed by atoms with Crippen molar-refractivity contribution >= 4 is 11.9 Å². The Kier molecular flexibility index (Phi) is 10.3. The Morgan fingerprint density at radius 2 is 1.75 bits per heavy atom. The van der Waals surface area contributed by atoms with Crippen molar-refractivity contribution in [3.8, 4) is 11.5 Å². The van der Waals surface area contributed by atoms with E-state index in [1.807, 2.05) is 45.0 Å². The molecular formula is C24H34N4O4. The molecule has 0 saturated carbocycles. The van der Waals surface area contributed by atoms with Crippen LogP contribution < -0.4 is 25.4 Å². The topological polar surface area (TPSA) is 104 Å². The van der Waals surface area contributed by atoms with E-state index in [9.17, 15) is 9.90 Å². The molecule has 0 aliphatic carbocycles. The summed E-state index contributed by atoms with van der Waals surface area (Å²) in [5, 5.41) is 19.7. The van der Waals surface area contributed by atoms with Crippen LogP contribution in [0.15, 0.2) is 53.5 Å². The Hall–Kier alpha value is -3.26. The zero-order valence-electron chi connectivity index (χ0n) is 19.2. The van der Waals surface area contributed by atoms with E-state index < -0.39 is 6.10 Å². The number of aliphatic hydroxyl groups is 1. The summed E-state index contributed by atoms with van der Waals surface area (Å²) in [7, 11) is 1.58. The van der Waals surface area contributed by atoms with Crippen molar-refractivity contribution < 1.29 is 19.4 Å². The lowest BCUT2D eigenvalue weighted by Crippen LogP contribution is -2.41. The molecule has 32 heavy (non-hydrogen) atoms. The van der Waals surface area contributed by atoms with Crippen LogP contribution in [0.1, 0.15) is 42.8 Å². The van der Waals surface area contributed by atoms with E-state index in [0.29, 0.717) is 36.9 Å². The lowest BCUT2D eigenvalue weighted by Gasteiger charge is -2.15. The number of ether oxygens (including phenoxy) is 2. The number of carbonyl (C=O) groups is 1. The third kappa shape index (κ3) is 8.47. The summed E-state index contributed by atoms with van der Waals surface area (Å²) < 4.78 is 10.8. The molecule has 1 amide bonds. The molecule has 8 nitrogen and oxygen atoms in total. The SMILES string of the molecule is CCNC(=NCC(O)c1cccc(OC(C)C)c1)NCCNC(=O)c1ccc(OC)cc1. The first-order valence-corrected chi connectivity index (χ1v) is 10.8. The molecule has 0 aliphatic rings. The van der Waals surface area contributed by atoms with Gasteiger partial charge >= 0.3 is 0 Å². The van der Waals surface area contributed by atoms with Gasteiger partial charge in [0.05, 0.1) is 25.9 Å². The van der Waals surface area contributed by atoms with Crippen molar-refractivity contribution in [1.29, 1.82) is 0 Å². The standard InChI is InChI=1S/C24H34N4O4/c1-5-25-24(27-14-13-26-23(30)18-9-11-20(31-4)12-10-18)28-16-22(29)19-7-6-8-21(15-19)32-17(2)3/h6-12,15,17,22,29H,5,13-14,16H2,1-4H3,(H,26,30)(H2,25,27,28). The molecule has 2 aromatic carbocycles. The molecule has 0 saturated heterocycles. The second-order valence-electron chi connectivity index (χ2n) is 7.39. The molecule has 0 radical (unpaired) electrons. The molecule has 2 aromatic rings. The van der Waals surface area contributed by atoms with Crippen LogP contribution in [0, 0.1) is 0 Å². The fourth-order valence-electron chi connectivity index (χ4n) is 2.89. The van der Waals surface area contributed by atoms with E-state index in [4.69, 9.17) is 9.47 Å². The maximum atomic E-state index is 12.2. The molecule has 0 fully saturated rings. The fourth-order valence-corrected chi connectivity index (χ4v) is 2.89. The molecule has 0 aromatic heterocycles. The van der Waals surface area contributed by atoms with Crippen LogP contribution in [0.4, 0.5) is 0 Å². The number of aliphatic hydroxyl groups excluding tert-OH is 1. The molecule has 174 valence electrons. The monoisotopic (exact) mass is 442 g/mol. The highest BCUT2D eigenvalue weighted by Gasteiger charge is 2.10. The summed E-state index contributed by atoms with van der Waals surface area (Å²) in [6.07, 6.45) is -0.689. The number of carbonyl (C=O) groups excluding carboxylic acids is 1. The zero-order chi connectivity index (χ0) is 23.3. The fraction of sp³-hybridized carbons (Fsp3) is 0.417. The third-order valence-corrected chi connectivity index (χ3v) is 4.44. The van der Waals surface area contributed by atoms with Crippen LogP contribution in [0.5, 0.6) is 11.5 Å². The summed E-state index contributed by atoms with van der Waals surface area (Å²) in [5.41, 5.74) is 1.31. The largest absolute Gasteiger partial charge is 0.497 e. The predicted octanol–water partition coefficient (Wildman–Crippen LogP) is 2.50. The molecule has 8 heteroatoms. The van der Waals surface area contributed by atoms with E-state index in [-0.39, 0.29) is 18.6 Å². The summed E-state index contributed by atoms with van der Waals surface area (Å²) in [4.78, 5) is 16.7. The van der Waals surface area contributed by atoms with Gasteiger partial charge in [-0.05, 0) is 62.7 Å². The smallest absolute Gasteiger partial charge is 0.251 e. The third-order valence-electron chi connectivity index (χ3n) is 4.44. The van der Waals surface area contributed by atoms with Crippen LogP contribution in [0.2, 0.25) is 0 Å². The molecule has 1 atom stereocenters. The molecule has 4 N–H and O–H groups in total. The average molecular weight is 443 g/mol. The first-order chi connectivity index (χ1) is 15.4. The van der Waals surface area contributed by atoms with Gasteiger partial charge in [-0.2, -0.15) is 0 Å². The summed E-state index contributed by atoms with van der Waals surface area (Å²) >= 11 is 0. The van der Waals surface area contributed by atoms with Crippen LogP contribution >= 0.6 is 0 Å². The minimum Gasteiger partial charge on any atom is -0.497 e. The normalized spacial score (nSPS) is 12.2. The lowest BCUT2D eigenvalue weighted by molar-refractivity contribution is 0.0954. The Morgan fingerprint density at radius 3 is 2.41 bits per heavy atom. The minimum absolute atomic E-state index is 0.0650. The van der Waals surface area contributed by atoms with Gasteiger partial charge < -0.3 is 30.5 Å². The molecule has 0 aliphatic heterocycles. The maximum absolute atomic E-state index is 12.2. The lowest BCUT2D eigenvalue weighted by atomic mass is 10.1. The first kappa shape index (κ1) is 25.0. The van der Waals surface area contributed by atoms with Crippen LogP contribution in [0.25, 0.3) is 0 Å². The first-order valence-electron chi connectivity index (χ1n) is 10.8. The molecular weight excluding hydrogens is 408 g/mol. The van der Waals surface area contributed by atoms with Crippen molar-refractivity contribution in [3.63, 3.8) is 0 Å². The highest BCUT2D eigenvalue weighted by Crippen LogP contribution is 2.20. The van der Waals surface area contributed by atoms with Crippen molar-refractivity contribution in [1.82, 2.24) is 16.0 Å². The Morgan fingerprint density at radius 1 is 1.03 bits per heavy atom. The number of hydrogen-bond acceptors (Lipinski definition) is 5. The van der Waals surface area contributed by atoms with Crippen LogP contribution in [-0.4, -0.2) is 56.4 Å². The van der Waals surface area contributed by atoms with Crippen molar-refractivity contribution in [2.24, 2.45) is 4.99 Å². The number of amides is 1. The van der Waals surface area contributed by atoms with E-state index >= 15 is 0 Å². The van der Waals surface area contributed by atoms with Gasteiger partial charge in [0.25, 0.3) is 5.91 Å². The van der Waals surface area contributed by atoms with Gasteiger partial charge in [-0.3, -0.25) is 9.79 Å². The van der Waals surface area contributed by atoms with Crippen molar-refractivity contribution in [3.05, 3.63) is 59.7 Å². The highest BCUT2D eigenvalue weighted by atomic mass is 16.5. The number of nitrogens with zero attached hydrogens (tertiary/aromatic N) is 1. The van der Waals surface area contributed by atoms with Gasteiger partial charge in [-0.25, -0.2) is 0 Å². The quantitative estimate of drug-likeness (QED) is 0.242. The van der Waals surface area contributed by atoms with Crippen molar-refractivity contribution in [2.45, 2.75) is 33.0 Å². The number of benzene rings is 2. The number of guanidine groups is 1. The Labute approximate surface area is 190 Å².